The van der Waals surface area contributed by atoms with Crippen molar-refractivity contribution >= 4 is 79.1 Å². The maximum absolute atomic E-state index is 13.0. The first kappa shape index (κ1) is 34.4. The van der Waals surface area contributed by atoms with Crippen molar-refractivity contribution in [2.24, 2.45) is 0 Å². The number of carbonyl (C=O) groups is 4. The molecule has 6 rings (SSSR count). The van der Waals surface area contributed by atoms with Crippen molar-refractivity contribution in [1.29, 1.82) is 0 Å². The second-order valence-electron chi connectivity index (χ2n) is 11.2. The molecular weight excluding hydrogens is 700 g/mol. The van der Waals surface area contributed by atoms with Crippen LogP contribution < -0.4 is 10.6 Å². The first-order valence-electron chi connectivity index (χ1n) is 15.2. The van der Waals surface area contributed by atoms with E-state index >= 15 is 0 Å². The molecule has 2 aliphatic rings. The summed E-state index contributed by atoms with van der Waals surface area (Å²) in [6, 6.07) is 22.4. The monoisotopic (exact) mass is 736 g/mol. The molecule has 0 saturated carbocycles. The van der Waals surface area contributed by atoms with Gasteiger partial charge in [0.2, 0.25) is 0 Å². The van der Waals surface area contributed by atoms with Crippen molar-refractivity contribution in [2.45, 2.75) is 32.1 Å². The minimum atomic E-state index is -0.221. The standard InChI is InChI=1S/C35H36N4O4.2BrH/c40-32-26-14-6-10-24-11-7-15-27(30(24)26)33(41)38(32)22-20-36-18-4-2-1-3-5-19-37-21-23-39-34(42)28-16-8-12-25-13-9-17-29(31(25)28)35(39)43;;/h6-17,36-37H,1-5,18-23H2;2*1H. The normalized spacial score (nSPS) is 13.8. The molecule has 0 atom stereocenters. The molecule has 4 aromatic carbocycles. The molecule has 0 bridgehead atoms. The molecule has 0 aliphatic carbocycles. The van der Waals surface area contributed by atoms with Crippen molar-refractivity contribution in [1.82, 2.24) is 20.4 Å². The van der Waals surface area contributed by atoms with Gasteiger partial charge in [-0.25, -0.2) is 0 Å². The predicted molar refractivity (Wildman–Crippen MR) is 188 cm³/mol. The van der Waals surface area contributed by atoms with Gasteiger partial charge in [0.05, 0.1) is 0 Å². The summed E-state index contributed by atoms with van der Waals surface area (Å²) in [6.07, 6.45) is 5.39. The third kappa shape index (κ3) is 7.04. The number of nitrogens with one attached hydrogen (secondary N) is 2. The van der Waals surface area contributed by atoms with E-state index in [-0.39, 0.29) is 57.6 Å². The summed E-state index contributed by atoms with van der Waals surface area (Å²) in [7, 11) is 0. The summed E-state index contributed by atoms with van der Waals surface area (Å²) >= 11 is 0. The Balaban J connectivity index is 0.00000230. The lowest BCUT2D eigenvalue weighted by Crippen LogP contribution is -2.43. The van der Waals surface area contributed by atoms with Crippen LogP contribution in [0.15, 0.2) is 72.8 Å². The zero-order valence-electron chi connectivity index (χ0n) is 25.1. The Morgan fingerprint density at radius 1 is 0.422 bits per heavy atom. The van der Waals surface area contributed by atoms with E-state index in [1.165, 1.54) is 9.80 Å². The topological polar surface area (TPSA) is 98.8 Å². The van der Waals surface area contributed by atoms with Crippen molar-refractivity contribution in [3.05, 3.63) is 95.1 Å². The molecule has 4 aromatic rings. The molecule has 0 saturated heterocycles. The van der Waals surface area contributed by atoms with E-state index in [0.717, 1.165) is 66.7 Å². The number of carbonyl (C=O) groups excluding carboxylic acids is 4. The van der Waals surface area contributed by atoms with Gasteiger partial charge in [-0.1, -0.05) is 67.8 Å². The van der Waals surface area contributed by atoms with Gasteiger partial charge >= 0.3 is 0 Å². The van der Waals surface area contributed by atoms with Gasteiger partial charge in [-0.05, 0) is 61.0 Å². The van der Waals surface area contributed by atoms with E-state index in [1.807, 2.05) is 48.5 Å². The molecule has 10 heteroatoms. The fraction of sp³-hybridized carbons (Fsp3) is 0.314. The number of hydrogen-bond acceptors (Lipinski definition) is 6. The van der Waals surface area contributed by atoms with Gasteiger partial charge in [0.25, 0.3) is 23.6 Å². The number of halogens is 2. The number of amides is 4. The minimum Gasteiger partial charge on any atom is -0.315 e. The number of hydrogen-bond donors (Lipinski definition) is 2. The van der Waals surface area contributed by atoms with Gasteiger partial charge in [0, 0.05) is 59.2 Å². The summed E-state index contributed by atoms with van der Waals surface area (Å²) < 4.78 is 0. The van der Waals surface area contributed by atoms with E-state index in [2.05, 4.69) is 10.6 Å². The highest BCUT2D eigenvalue weighted by Gasteiger charge is 2.33. The lowest BCUT2D eigenvalue weighted by atomic mass is 9.94. The van der Waals surface area contributed by atoms with Crippen molar-refractivity contribution in [2.75, 3.05) is 39.3 Å². The summed E-state index contributed by atoms with van der Waals surface area (Å²) in [6.45, 7) is 3.53. The number of imide groups is 2. The highest BCUT2D eigenvalue weighted by Crippen LogP contribution is 2.31. The summed E-state index contributed by atoms with van der Waals surface area (Å²) in [4.78, 5) is 54.6. The minimum absolute atomic E-state index is 0. The quantitative estimate of drug-likeness (QED) is 0.119. The van der Waals surface area contributed by atoms with Crippen LogP contribution in [0.5, 0.6) is 0 Å². The average Bonchev–Trinajstić information content (AvgIpc) is 3.03. The number of unbranched alkanes of at least 4 members (excludes halogenated alkanes) is 4. The second kappa shape index (κ2) is 15.7. The van der Waals surface area contributed by atoms with Crippen LogP contribution in [0.3, 0.4) is 0 Å². The molecule has 0 spiro atoms. The van der Waals surface area contributed by atoms with Gasteiger partial charge < -0.3 is 10.6 Å². The predicted octanol–water partition coefficient (Wildman–Crippen LogP) is 6.17. The SMILES string of the molecule is Br.Br.O=C1c2cccc3cccc(c23)C(=O)N1CCNCCCCCCCNCCN1C(=O)c2cccc3cccc(c23)C1=O. The zero-order chi connectivity index (χ0) is 29.8. The molecule has 2 aliphatic heterocycles. The Bertz CT molecular complexity index is 1500. The smallest absolute Gasteiger partial charge is 0.261 e. The molecule has 2 heterocycles. The molecule has 2 N–H and O–H groups in total. The van der Waals surface area contributed by atoms with Gasteiger partial charge in [-0.2, -0.15) is 0 Å². The fourth-order valence-electron chi connectivity index (χ4n) is 6.23. The summed E-state index contributed by atoms with van der Waals surface area (Å²) in [5.41, 5.74) is 2.39. The first-order valence-corrected chi connectivity index (χ1v) is 15.2. The van der Waals surface area contributed by atoms with Crippen LogP contribution in [0, 0.1) is 0 Å². The molecular formula is C35H38Br2N4O4. The lowest BCUT2D eigenvalue weighted by molar-refractivity contribution is 0.0596. The fourth-order valence-corrected chi connectivity index (χ4v) is 6.23. The highest BCUT2D eigenvalue weighted by molar-refractivity contribution is 8.93. The van der Waals surface area contributed by atoms with Crippen molar-refractivity contribution < 1.29 is 19.2 Å². The van der Waals surface area contributed by atoms with Gasteiger partial charge in [0.15, 0.2) is 0 Å². The molecule has 45 heavy (non-hydrogen) atoms. The zero-order valence-corrected chi connectivity index (χ0v) is 28.5. The maximum Gasteiger partial charge on any atom is 0.261 e. The Kier molecular flexibility index (Phi) is 12.0. The Morgan fingerprint density at radius 3 is 1.07 bits per heavy atom. The van der Waals surface area contributed by atoms with Crippen LogP contribution in [-0.2, 0) is 0 Å². The second-order valence-corrected chi connectivity index (χ2v) is 11.2. The van der Waals surface area contributed by atoms with Crippen LogP contribution in [-0.4, -0.2) is 72.7 Å². The Labute approximate surface area is 284 Å². The number of benzene rings is 4. The van der Waals surface area contributed by atoms with Crippen molar-refractivity contribution in [3.63, 3.8) is 0 Å². The molecule has 0 unspecified atom stereocenters. The largest absolute Gasteiger partial charge is 0.315 e. The van der Waals surface area contributed by atoms with E-state index < -0.39 is 0 Å². The van der Waals surface area contributed by atoms with Gasteiger partial charge in [0.1, 0.15) is 0 Å². The molecule has 236 valence electrons. The number of rotatable bonds is 14. The molecule has 0 aromatic heterocycles. The van der Waals surface area contributed by atoms with Crippen LogP contribution in [0.2, 0.25) is 0 Å². The van der Waals surface area contributed by atoms with Crippen LogP contribution in [0.25, 0.3) is 21.5 Å². The van der Waals surface area contributed by atoms with Gasteiger partial charge in [-0.3, -0.25) is 29.0 Å². The molecule has 0 fully saturated rings. The average molecular weight is 739 g/mol. The molecule has 0 radical (unpaired) electrons. The summed E-state index contributed by atoms with van der Waals surface area (Å²) in [5, 5.41) is 10.1. The van der Waals surface area contributed by atoms with Crippen molar-refractivity contribution in [3.8, 4) is 0 Å². The third-order valence-corrected chi connectivity index (χ3v) is 8.44. The maximum atomic E-state index is 13.0. The third-order valence-electron chi connectivity index (χ3n) is 8.44. The Morgan fingerprint density at radius 2 is 0.733 bits per heavy atom. The Hall–Kier alpha value is -3.44. The highest BCUT2D eigenvalue weighted by atomic mass is 79.9. The van der Waals surface area contributed by atoms with E-state index in [1.54, 1.807) is 24.3 Å². The van der Waals surface area contributed by atoms with Crippen LogP contribution in [0.4, 0.5) is 0 Å². The molecule has 4 amide bonds. The van der Waals surface area contributed by atoms with E-state index in [9.17, 15) is 19.2 Å². The lowest BCUT2D eigenvalue weighted by Gasteiger charge is -2.27. The first-order chi connectivity index (χ1) is 21.1. The van der Waals surface area contributed by atoms with Crippen LogP contribution in [0.1, 0.15) is 73.5 Å². The van der Waals surface area contributed by atoms with E-state index in [0.29, 0.717) is 48.4 Å². The molecule has 8 nitrogen and oxygen atoms in total. The summed E-state index contributed by atoms with van der Waals surface area (Å²) in [5.74, 6) is -0.882. The number of nitrogens with zero attached hydrogens (tertiary/aromatic N) is 2. The van der Waals surface area contributed by atoms with E-state index in [4.69, 9.17) is 0 Å². The van der Waals surface area contributed by atoms with Crippen LogP contribution >= 0.6 is 34.0 Å². The van der Waals surface area contributed by atoms with Gasteiger partial charge in [-0.15, -0.1) is 34.0 Å².